The molecule has 0 atom stereocenters. The van der Waals surface area contributed by atoms with E-state index >= 15 is 0 Å². The fourth-order valence-corrected chi connectivity index (χ4v) is 4.47. The zero-order chi connectivity index (χ0) is 19.3. The molecule has 0 radical (unpaired) electrons. The first kappa shape index (κ1) is 19.0. The van der Waals surface area contributed by atoms with Crippen molar-refractivity contribution in [3.05, 3.63) is 64.1 Å². The van der Waals surface area contributed by atoms with Gasteiger partial charge in [-0.2, -0.15) is 0 Å². The molecule has 0 amide bonds. The van der Waals surface area contributed by atoms with Crippen molar-refractivity contribution in [3.8, 4) is 5.75 Å². The first-order valence-corrected chi connectivity index (χ1v) is 10.6. The lowest BCUT2D eigenvalue weighted by Gasteiger charge is -2.32. The largest absolute Gasteiger partial charge is 0.495 e. The molecule has 1 N–H and O–H groups in total. The molecule has 4 rings (SSSR count). The summed E-state index contributed by atoms with van der Waals surface area (Å²) in [5, 5.41) is 15.2. The van der Waals surface area contributed by atoms with Crippen LogP contribution in [0.15, 0.2) is 48.5 Å². The molecule has 0 aliphatic carbocycles. The van der Waals surface area contributed by atoms with Crippen LogP contribution in [0.1, 0.15) is 23.4 Å². The van der Waals surface area contributed by atoms with Crippen LogP contribution in [0.4, 0.5) is 10.8 Å². The van der Waals surface area contributed by atoms with Crippen LogP contribution in [0.3, 0.4) is 0 Å². The quantitative estimate of drug-likeness (QED) is 0.623. The number of ether oxygens (including phenoxy) is 1. The lowest BCUT2D eigenvalue weighted by Crippen LogP contribution is -2.39. The van der Waals surface area contributed by atoms with E-state index in [2.05, 4.69) is 26.5 Å². The number of halogens is 1. The third-order valence-electron chi connectivity index (χ3n) is 4.96. The molecule has 0 saturated carbocycles. The average molecular weight is 415 g/mol. The minimum atomic E-state index is 0.439. The molecule has 1 aliphatic rings. The van der Waals surface area contributed by atoms with Gasteiger partial charge in [0, 0.05) is 30.6 Å². The van der Waals surface area contributed by atoms with E-state index in [4.69, 9.17) is 16.3 Å². The van der Waals surface area contributed by atoms with E-state index in [-0.39, 0.29) is 0 Å². The Bertz CT molecular complexity index is 907. The number of nitrogens with zero attached hydrogens (tertiary/aromatic N) is 3. The number of hydrogen-bond acceptors (Lipinski definition) is 6. The van der Waals surface area contributed by atoms with E-state index in [1.54, 1.807) is 18.4 Å². The van der Waals surface area contributed by atoms with E-state index in [9.17, 15) is 0 Å². The maximum atomic E-state index is 5.96. The van der Waals surface area contributed by atoms with Crippen LogP contribution in [0, 0.1) is 0 Å². The summed E-state index contributed by atoms with van der Waals surface area (Å²) in [6, 6.07) is 16.4. The Labute approximate surface area is 174 Å². The molecule has 0 spiro atoms. The number of rotatable bonds is 6. The van der Waals surface area contributed by atoms with Gasteiger partial charge in [0.05, 0.1) is 12.8 Å². The lowest BCUT2D eigenvalue weighted by molar-refractivity contribution is 0.415. The van der Waals surface area contributed by atoms with Gasteiger partial charge in [-0.25, -0.2) is 0 Å². The molecule has 7 heteroatoms. The van der Waals surface area contributed by atoms with Crippen LogP contribution in [-0.4, -0.2) is 36.4 Å². The third kappa shape index (κ3) is 4.56. The molecule has 5 nitrogen and oxygen atoms in total. The summed E-state index contributed by atoms with van der Waals surface area (Å²) >= 11 is 7.64. The average Bonchev–Trinajstić information content (AvgIpc) is 3.19. The topological polar surface area (TPSA) is 50.3 Å². The highest BCUT2D eigenvalue weighted by molar-refractivity contribution is 7.15. The van der Waals surface area contributed by atoms with Crippen molar-refractivity contribution in [1.82, 2.24) is 10.2 Å². The van der Waals surface area contributed by atoms with Crippen LogP contribution in [0.2, 0.25) is 5.02 Å². The van der Waals surface area contributed by atoms with Crippen molar-refractivity contribution in [2.75, 3.05) is 30.4 Å². The Morgan fingerprint density at radius 2 is 1.86 bits per heavy atom. The molecule has 0 bridgehead atoms. The second-order valence-electron chi connectivity index (χ2n) is 6.89. The number of aromatic nitrogens is 2. The second-order valence-corrected chi connectivity index (χ2v) is 8.36. The molecule has 1 aromatic heterocycles. The van der Waals surface area contributed by atoms with Gasteiger partial charge in [0.25, 0.3) is 0 Å². The van der Waals surface area contributed by atoms with E-state index < -0.39 is 0 Å². The summed E-state index contributed by atoms with van der Waals surface area (Å²) in [5.41, 5.74) is 2.26. The Balaban J connectivity index is 1.32. The molecule has 0 unspecified atom stereocenters. The molecule has 2 aromatic carbocycles. The van der Waals surface area contributed by atoms with Gasteiger partial charge in [0.2, 0.25) is 5.13 Å². The minimum absolute atomic E-state index is 0.439. The number of benzene rings is 2. The second kappa shape index (κ2) is 8.80. The van der Waals surface area contributed by atoms with Gasteiger partial charge in [-0.05, 0) is 42.7 Å². The van der Waals surface area contributed by atoms with Crippen molar-refractivity contribution < 1.29 is 4.74 Å². The molecule has 146 valence electrons. The molecule has 1 aliphatic heterocycles. The number of piperidine rings is 1. The number of anilines is 2. The Morgan fingerprint density at radius 1 is 1.11 bits per heavy atom. The fourth-order valence-electron chi connectivity index (χ4n) is 3.42. The Hall–Kier alpha value is -2.31. The Morgan fingerprint density at radius 3 is 2.61 bits per heavy atom. The van der Waals surface area contributed by atoms with E-state index in [1.165, 1.54) is 5.56 Å². The van der Waals surface area contributed by atoms with E-state index in [0.29, 0.717) is 6.04 Å². The lowest BCUT2D eigenvalue weighted by atomic mass is 10.0. The maximum absolute atomic E-state index is 5.96. The summed E-state index contributed by atoms with van der Waals surface area (Å²) in [5.74, 6) is 0.890. The predicted octanol–water partition coefficient (Wildman–Crippen LogP) is 4.87. The van der Waals surface area contributed by atoms with Crippen LogP contribution in [0.25, 0.3) is 0 Å². The normalized spacial score (nSPS) is 14.9. The molecule has 2 heterocycles. The third-order valence-corrected chi connectivity index (χ3v) is 6.19. The SMILES string of the molecule is COc1ccccc1NC1CCN(c2nnc(Cc3ccc(Cl)cc3)s2)CC1. The van der Waals surface area contributed by atoms with Gasteiger partial charge in [-0.1, -0.05) is 47.2 Å². The summed E-state index contributed by atoms with van der Waals surface area (Å²) < 4.78 is 5.44. The highest BCUT2D eigenvalue weighted by atomic mass is 35.5. The van der Waals surface area contributed by atoms with Crippen molar-refractivity contribution in [3.63, 3.8) is 0 Å². The van der Waals surface area contributed by atoms with Crippen LogP contribution >= 0.6 is 22.9 Å². The van der Waals surface area contributed by atoms with Crippen LogP contribution in [0.5, 0.6) is 5.75 Å². The molecule has 1 fully saturated rings. The monoisotopic (exact) mass is 414 g/mol. The van der Waals surface area contributed by atoms with Gasteiger partial charge < -0.3 is 15.0 Å². The van der Waals surface area contributed by atoms with Crippen LogP contribution in [-0.2, 0) is 6.42 Å². The van der Waals surface area contributed by atoms with Crippen molar-refractivity contribution in [2.45, 2.75) is 25.3 Å². The minimum Gasteiger partial charge on any atom is -0.495 e. The number of methoxy groups -OCH3 is 1. The highest BCUT2D eigenvalue weighted by Crippen LogP contribution is 2.29. The van der Waals surface area contributed by atoms with Crippen molar-refractivity contribution >= 4 is 33.8 Å². The number of nitrogens with one attached hydrogen (secondary N) is 1. The molecule has 28 heavy (non-hydrogen) atoms. The first-order chi connectivity index (χ1) is 13.7. The highest BCUT2D eigenvalue weighted by Gasteiger charge is 2.22. The zero-order valence-corrected chi connectivity index (χ0v) is 17.3. The summed E-state index contributed by atoms with van der Waals surface area (Å²) in [6.45, 7) is 1.95. The van der Waals surface area contributed by atoms with E-state index in [1.807, 2.05) is 42.5 Å². The molecular weight excluding hydrogens is 392 g/mol. The predicted molar refractivity (Wildman–Crippen MR) is 116 cm³/mol. The molecule has 3 aromatic rings. The van der Waals surface area contributed by atoms with Crippen molar-refractivity contribution in [2.24, 2.45) is 0 Å². The summed E-state index contributed by atoms with van der Waals surface area (Å²) in [4.78, 5) is 2.34. The van der Waals surface area contributed by atoms with Gasteiger partial charge in [-0.15, -0.1) is 10.2 Å². The number of hydrogen-bond donors (Lipinski definition) is 1. The van der Waals surface area contributed by atoms with E-state index in [0.717, 1.165) is 59.0 Å². The standard InChI is InChI=1S/C21H23ClN4OS/c1-27-19-5-3-2-4-18(19)23-17-10-12-26(13-11-17)21-25-24-20(28-21)14-15-6-8-16(22)9-7-15/h2-9,17,23H,10-14H2,1H3. The Kier molecular flexibility index (Phi) is 5.98. The van der Waals surface area contributed by atoms with Gasteiger partial charge in [0.1, 0.15) is 10.8 Å². The van der Waals surface area contributed by atoms with Crippen LogP contribution < -0.4 is 15.0 Å². The molecule has 1 saturated heterocycles. The fraction of sp³-hybridized carbons (Fsp3) is 0.333. The van der Waals surface area contributed by atoms with Gasteiger partial charge in [0.15, 0.2) is 0 Å². The first-order valence-electron chi connectivity index (χ1n) is 9.42. The van der Waals surface area contributed by atoms with Gasteiger partial charge in [-0.3, -0.25) is 0 Å². The van der Waals surface area contributed by atoms with Crippen molar-refractivity contribution in [1.29, 1.82) is 0 Å². The summed E-state index contributed by atoms with van der Waals surface area (Å²) in [6.07, 6.45) is 2.91. The van der Waals surface area contributed by atoms with Gasteiger partial charge >= 0.3 is 0 Å². The summed E-state index contributed by atoms with van der Waals surface area (Å²) in [7, 11) is 1.71. The maximum Gasteiger partial charge on any atom is 0.208 e. The number of para-hydroxylation sites is 2. The molecular formula is C21H23ClN4OS. The zero-order valence-electron chi connectivity index (χ0n) is 15.8. The smallest absolute Gasteiger partial charge is 0.208 e.